The zero-order chi connectivity index (χ0) is 24.2. The van der Waals surface area contributed by atoms with E-state index in [2.05, 4.69) is 5.10 Å². The van der Waals surface area contributed by atoms with E-state index >= 15 is 0 Å². The van der Waals surface area contributed by atoms with Crippen molar-refractivity contribution in [2.24, 2.45) is 12.5 Å². The topological polar surface area (TPSA) is 108 Å². The van der Waals surface area contributed by atoms with Crippen molar-refractivity contribution in [3.63, 3.8) is 0 Å². The Morgan fingerprint density at radius 3 is 2.39 bits per heavy atom. The summed E-state index contributed by atoms with van der Waals surface area (Å²) in [5, 5.41) is 13.9. The maximum atomic E-state index is 13.3. The van der Waals surface area contributed by atoms with Gasteiger partial charge in [-0.3, -0.25) is 4.79 Å². The molecule has 1 N–H and O–H groups in total. The Bertz CT molecular complexity index is 1390. The molecule has 1 aromatic heterocycles. The Balaban J connectivity index is 1.86. The molecule has 0 fully saturated rings. The van der Waals surface area contributed by atoms with Crippen LogP contribution in [0.3, 0.4) is 0 Å². The maximum absolute atomic E-state index is 13.3. The number of aryl methyl sites for hydroxylation is 1. The molecule has 174 valence electrons. The number of benzene rings is 2. The van der Waals surface area contributed by atoms with Crippen LogP contribution in [0.15, 0.2) is 69.2 Å². The molecule has 0 amide bonds. The van der Waals surface area contributed by atoms with Crippen molar-refractivity contribution in [2.75, 3.05) is 0 Å². The molecule has 1 atom stereocenters. The number of hydrogen-bond donors (Lipinski definition) is 1. The summed E-state index contributed by atoms with van der Waals surface area (Å²) in [7, 11) is -2.37. The summed E-state index contributed by atoms with van der Waals surface area (Å²) in [6, 6.07) is 13.0. The van der Waals surface area contributed by atoms with E-state index in [-0.39, 0.29) is 27.0 Å². The van der Waals surface area contributed by atoms with Crippen LogP contribution in [0.1, 0.15) is 39.4 Å². The second-order valence-corrected chi connectivity index (χ2v) is 11.1. The fraction of sp³-hybridized carbons (Fsp3) is 0.333. The molecule has 0 saturated heterocycles. The Labute approximate surface area is 192 Å². The zero-order valence-electron chi connectivity index (χ0n) is 19.1. The lowest BCUT2D eigenvalue weighted by Crippen LogP contribution is -2.52. The number of nitrogens with zero attached hydrogens (tertiary/aromatic N) is 2. The largest absolute Gasteiger partial charge is 0.508 e. The molecule has 0 unspecified atom stereocenters. The summed E-state index contributed by atoms with van der Waals surface area (Å²) < 4.78 is 40.2. The molecule has 0 radical (unpaired) electrons. The number of rotatable bonds is 4. The van der Waals surface area contributed by atoms with Gasteiger partial charge < -0.3 is 14.6 Å². The normalized spacial score (nSPS) is 18.8. The average Bonchev–Trinajstić information content (AvgIpc) is 2.73. The molecule has 2 aromatic carbocycles. The van der Waals surface area contributed by atoms with Gasteiger partial charge in [0.2, 0.25) is 15.7 Å². The number of sulfone groups is 1. The van der Waals surface area contributed by atoms with Gasteiger partial charge in [-0.25, -0.2) is 13.1 Å². The van der Waals surface area contributed by atoms with E-state index in [1.807, 2.05) is 27.7 Å². The van der Waals surface area contributed by atoms with E-state index in [1.165, 1.54) is 54.2 Å². The molecule has 0 saturated carbocycles. The predicted molar refractivity (Wildman–Crippen MR) is 121 cm³/mol. The Morgan fingerprint density at radius 1 is 1.03 bits per heavy atom. The van der Waals surface area contributed by atoms with E-state index in [0.29, 0.717) is 11.3 Å². The first-order valence-corrected chi connectivity index (χ1v) is 11.9. The number of aromatic nitrogens is 2. The fourth-order valence-corrected chi connectivity index (χ4v) is 5.10. The second-order valence-electron chi connectivity index (χ2n) is 9.17. The number of hydrogen-bond acceptors (Lipinski definition) is 7. The summed E-state index contributed by atoms with van der Waals surface area (Å²) in [5.74, 6) is 0.603. The highest BCUT2D eigenvalue weighted by Gasteiger charge is 2.52. The molecule has 0 aliphatic carbocycles. The molecule has 0 spiro atoms. The SMILES string of the molecule is Cn1nc(O[C@@H]2c3cc(S(=O)(=O)c4cccc(O)c4)ccc3OC(C)(C)C2(C)C)ccc1=O. The third-order valence-electron chi connectivity index (χ3n) is 6.45. The minimum Gasteiger partial charge on any atom is -0.508 e. The molecule has 9 heteroatoms. The van der Waals surface area contributed by atoms with Crippen LogP contribution in [-0.2, 0) is 16.9 Å². The lowest BCUT2D eigenvalue weighted by Gasteiger charge is -2.50. The number of fused-ring (bicyclic) bond motifs is 1. The molecule has 1 aliphatic rings. The summed E-state index contributed by atoms with van der Waals surface area (Å²) in [6.45, 7) is 7.83. The lowest BCUT2D eigenvalue weighted by atomic mass is 9.68. The van der Waals surface area contributed by atoms with E-state index in [9.17, 15) is 18.3 Å². The third-order valence-corrected chi connectivity index (χ3v) is 8.20. The maximum Gasteiger partial charge on any atom is 0.266 e. The molecular weight excluding hydrogens is 444 g/mol. The van der Waals surface area contributed by atoms with Crippen molar-refractivity contribution in [2.45, 2.75) is 49.2 Å². The van der Waals surface area contributed by atoms with E-state index < -0.39 is 27.0 Å². The standard InChI is InChI=1S/C24H26N2O6S/c1-23(2)22(31-20-11-12-21(28)26(5)25-20)18-14-17(9-10-19(18)32-24(23,3)4)33(29,30)16-8-6-7-15(27)13-16/h6-14,22,27H,1-5H3/t22-/m1/s1. The molecule has 4 rings (SSSR count). The third kappa shape index (κ3) is 3.86. The highest BCUT2D eigenvalue weighted by Crippen LogP contribution is 2.53. The molecule has 0 bridgehead atoms. The zero-order valence-corrected chi connectivity index (χ0v) is 19.9. The van der Waals surface area contributed by atoms with Gasteiger partial charge in [-0.2, -0.15) is 0 Å². The van der Waals surface area contributed by atoms with Crippen molar-refractivity contribution < 1.29 is 23.0 Å². The van der Waals surface area contributed by atoms with Crippen LogP contribution in [-0.4, -0.2) is 28.9 Å². The van der Waals surface area contributed by atoms with Gasteiger partial charge in [0.1, 0.15) is 23.2 Å². The number of ether oxygens (including phenoxy) is 2. The summed E-state index contributed by atoms with van der Waals surface area (Å²) in [4.78, 5) is 11.8. The van der Waals surface area contributed by atoms with Gasteiger partial charge in [-0.05, 0) is 50.2 Å². The molecule has 8 nitrogen and oxygen atoms in total. The monoisotopic (exact) mass is 470 g/mol. The summed E-state index contributed by atoms with van der Waals surface area (Å²) in [5.41, 5.74) is -0.981. The Morgan fingerprint density at radius 2 is 1.73 bits per heavy atom. The van der Waals surface area contributed by atoms with E-state index in [1.54, 1.807) is 12.1 Å². The first kappa shape index (κ1) is 22.8. The van der Waals surface area contributed by atoms with Gasteiger partial charge in [0.05, 0.1) is 9.79 Å². The number of aromatic hydroxyl groups is 1. The first-order valence-electron chi connectivity index (χ1n) is 10.4. The first-order chi connectivity index (χ1) is 15.3. The van der Waals surface area contributed by atoms with Crippen LogP contribution < -0.4 is 15.0 Å². The van der Waals surface area contributed by atoms with Gasteiger partial charge in [0.15, 0.2) is 0 Å². The molecule has 3 aromatic rings. The second kappa shape index (κ2) is 7.62. The Hall–Kier alpha value is -3.33. The van der Waals surface area contributed by atoms with E-state index in [0.717, 1.165) is 0 Å². The van der Waals surface area contributed by atoms with Crippen molar-refractivity contribution in [1.29, 1.82) is 0 Å². The summed E-state index contributed by atoms with van der Waals surface area (Å²) in [6.07, 6.45) is -0.624. The van der Waals surface area contributed by atoms with Crippen LogP contribution in [0.2, 0.25) is 0 Å². The molecule has 2 heterocycles. The molecular formula is C24H26N2O6S. The van der Waals surface area contributed by atoms with Crippen LogP contribution >= 0.6 is 0 Å². The smallest absolute Gasteiger partial charge is 0.266 e. The fourth-order valence-electron chi connectivity index (χ4n) is 3.76. The summed E-state index contributed by atoms with van der Waals surface area (Å²) >= 11 is 0. The van der Waals surface area contributed by atoms with Crippen molar-refractivity contribution in [3.05, 3.63) is 70.5 Å². The highest BCUT2D eigenvalue weighted by atomic mass is 32.2. The van der Waals surface area contributed by atoms with Crippen LogP contribution in [0.4, 0.5) is 0 Å². The average molecular weight is 471 g/mol. The van der Waals surface area contributed by atoms with Gasteiger partial charge in [-0.1, -0.05) is 19.9 Å². The van der Waals surface area contributed by atoms with Crippen LogP contribution in [0.25, 0.3) is 0 Å². The Kier molecular flexibility index (Phi) is 5.28. The van der Waals surface area contributed by atoms with Crippen molar-refractivity contribution >= 4 is 9.84 Å². The number of phenolic OH excluding ortho intramolecular Hbond substituents is 1. The van der Waals surface area contributed by atoms with Crippen LogP contribution in [0.5, 0.6) is 17.4 Å². The quantitative estimate of drug-likeness (QED) is 0.620. The molecule has 33 heavy (non-hydrogen) atoms. The lowest BCUT2D eigenvalue weighted by molar-refractivity contribution is -0.101. The minimum absolute atomic E-state index is 0.0176. The van der Waals surface area contributed by atoms with Gasteiger partial charge in [0.25, 0.3) is 5.56 Å². The highest BCUT2D eigenvalue weighted by molar-refractivity contribution is 7.91. The minimum atomic E-state index is -3.90. The number of phenols is 1. The van der Waals surface area contributed by atoms with Crippen molar-refractivity contribution in [1.82, 2.24) is 9.78 Å². The van der Waals surface area contributed by atoms with Gasteiger partial charge >= 0.3 is 0 Å². The van der Waals surface area contributed by atoms with Crippen molar-refractivity contribution in [3.8, 4) is 17.4 Å². The van der Waals surface area contributed by atoms with Gasteiger partial charge in [0, 0.05) is 30.2 Å². The predicted octanol–water partition coefficient (Wildman–Crippen LogP) is 3.64. The molecule has 1 aliphatic heterocycles. The van der Waals surface area contributed by atoms with Gasteiger partial charge in [-0.15, -0.1) is 5.10 Å². The van der Waals surface area contributed by atoms with Crippen LogP contribution in [0, 0.1) is 5.41 Å². The van der Waals surface area contributed by atoms with E-state index in [4.69, 9.17) is 9.47 Å².